The molecule has 5 heteroatoms. The van der Waals surface area contributed by atoms with Crippen LogP contribution in [0.15, 0.2) is 54.6 Å². The highest BCUT2D eigenvalue weighted by Crippen LogP contribution is 2.31. The molecule has 2 aromatic carbocycles. The number of carbonyl (C=O) groups is 2. The molecular formula is C20H21NO4. The van der Waals surface area contributed by atoms with Crippen molar-refractivity contribution >= 4 is 12.4 Å². The zero-order chi connectivity index (χ0) is 17.7. The van der Waals surface area contributed by atoms with Crippen LogP contribution in [-0.2, 0) is 29.0 Å². The summed E-state index contributed by atoms with van der Waals surface area (Å²) in [5.74, 6) is 0. The summed E-state index contributed by atoms with van der Waals surface area (Å²) in [6, 6.07) is 16.5. The molecule has 2 atom stereocenters. The summed E-state index contributed by atoms with van der Waals surface area (Å²) in [4.78, 5) is 23.2. The number of hydrogen-bond acceptors (Lipinski definition) is 4. The smallest absolute Gasteiger partial charge is 0.407 e. The molecule has 0 unspecified atom stereocenters. The van der Waals surface area contributed by atoms with Gasteiger partial charge in [-0.25, -0.2) is 4.79 Å². The van der Waals surface area contributed by atoms with Crippen LogP contribution in [0.2, 0.25) is 0 Å². The van der Waals surface area contributed by atoms with Gasteiger partial charge in [0.05, 0.1) is 11.6 Å². The van der Waals surface area contributed by atoms with Crippen molar-refractivity contribution in [3.8, 4) is 0 Å². The van der Waals surface area contributed by atoms with Gasteiger partial charge in [-0.1, -0.05) is 54.6 Å². The number of carbonyl (C=O) groups excluding carboxylic acids is 2. The average Bonchev–Trinajstić information content (AvgIpc) is 2.62. The molecule has 0 spiro atoms. The van der Waals surface area contributed by atoms with Gasteiger partial charge in [0.25, 0.3) is 0 Å². The first-order valence-electron chi connectivity index (χ1n) is 8.31. The summed E-state index contributed by atoms with van der Waals surface area (Å²) in [6.07, 6.45) is 0.840. The van der Waals surface area contributed by atoms with Crippen molar-refractivity contribution in [3.05, 3.63) is 71.3 Å². The zero-order valence-electron chi connectivity index (χ0n) is 13.9. The quantitative estimate of drug-likeness (QED) is 0.820. The fourth-order valence-corrected chi connectivity index (χ4v) is 3.24. The van der Waals surface area contributed by atoms with Gasteiger partial charge in [0.1, 0.15) is 12.9 Å². The maximum absolute atomic E-state index is 12.2. The Morgan fingerprint density at radius 1 is 1.16 bits per heavy atom. The van der Waals surface area contributed by atoms with Gasteiger partial charge >= 0.3 is 6.09 Å². The van der Waals surface area contributed by atoms with Crippen molar-refractivity contribution in [1.29, 1.82) is 0 Å². The van der Waals surface area contributed by atoms with Crippen molar-refractivity contribution in [2.45, 2.75) is 37.5 Å². The molecule has 0 aliphatic heterocycles. The van der Waals surface area contributed by atoms with E-state index in [0.717, 1.165) is 16.7 Å². The van der Waals surface area contributed by atoms with Crippen LogP contribution in [0, 0.1) is 0 Å². The van der Waals surface area contributed by atoms with Crippen molar-refractivity contribution < 1.29 is 19.4 Å². The summed E-state index contributed by atoms with van der Waals surface area (Å²) >= 11 is 0. The second-order valence-corrected chi connectivity index (χ2v) is 6.38. The van der Waals surface area contributed by atoms with E-state index in [-0.39, 0.29) is 13.0 Å². The predicted octanol–water partition coefficient (Wildman–Crippen LogP) is 2.40. The van der Waals surface area contributed by atoms with Crippen LogP contribution >= 0.6 is 0 Å². The third kappa shape index (κ3) is 4.06. The first-order valence-corrected chi connectivity index (χ1v) is 8.31. The van der Waals surface area contributed by atoms with Crippen LogP contribution in [0.1, 0.15) is 23.1 Å². The van der Waals surface area contributed by atoms with E-state index < -0.39 is 17.7 Å². The maximum atomic E-state index is 12.2. The van der Waals surface area contributed by atoms with Crippen LogP contribution in [0.4, 0.5) is 4.79 Å². The Kier molecular flexibility index (Phi) is 5.14. The van der Waals surface area contributed by atoms with Gasteiger partial charge in [-0.3, -0.25) is 0 Å². The van der Waals surface area contributed by atoms with Crippen molar-refractivity contribution in [1.82, 2.24) is 5.32 Å². The lowest BCUT2D eigenvalue weighted by molar-refractivity contribution is -0.114. The Morgan fingerprint density at radius 3 is 2.56 bits per heavy atom. The number of hydrogen-bond donors (Lipinski definition) is 2. The molecule has 0 heterocycles. The first kappa shape index (κ1) is 17.2. The van der Waals surface area contributed by atoms with Gasteiger partial charge in [-0.2, -0.15) is 0 Å². The van der Waals surface area contributed by atoms with Crippen molar-refractivity contribution in [2.75, 3.05) is 0 Å². The Hall–Kier alpha value is -2.66. The standard InChI is InChI=1S/C20H21NO4/c22-11-10-20(24)13-17-9-5-4-8-16(17)12-18(20)21-19(23)25-14-15-6-2-1-3-7-15/h1-9,11,18,24H,10,12-14H2,(H,21,23)/t18-,20+/m1/s1. The van der Waals surface area contributed by atoms with Crippen LogP contribution in [0.5, 0.6) is 0 Å². The molecule has 130 valence electrons. The van der Waals surface area contributed by atoms with E-state index in [0.29, 0.717) is 19.1 Å². The monoisotopic (exact) mass is 339 g/mol. The van der Waals surface area contributed by atoms with E-state index in [4.69, 9.17) is 4.74 Å². The van der Waals surface area contributed by atoms with Crippen LogP contribution in [0.3, 0.4) is 0 Å². The molecule has 0 saturated carbocycles. The molecule has 0 radical (unpaired) electrons. The average molecular weight is 339 g/mol. The second kappa shape index (κ2) is 7.49. The van der Waals surface area contributed by atoms with Crippen LogP contribution in [0.25, 0.3) is 0 Å². The van der Waals surface area contributed by atoms with Crippen LogP contribution in [-0.4, -0.2) is 29.1 Å². The van der Waals surface area contributed by atoms with Gasteiger partial charge in [-0.05, 0) is 23.1 Å². The van der Waals surface area contributed by atoms with Crippen molar-refractivity contribution in [3.63, 3.8) is 0 Å². The normalized spacial score (nSPS) is 21.9. The summed E-state index contributed by atoms with van der Waals surface area (Å²) in [7, 11) is 0. The number of alkyl carbamates (subject to hydrolysis) is 1. The molecule has 1 aliphatic rings. The highest BCUT2D eigenvalue weighted by molar-refractivity contribution is 5.68. The molecule has 0 fully saturated rings. The van der Waals surface area contributed by atoms with Gasteiger partial charge in [0.15, 0.2) is 0 Å². The summed E-state index contributed by atoms with van der Waals surface area (Å²) < 4.78 is 5.24. The van der Waals surface area contributed by atoms with Gasteiger partial charge in [0.2, 0.25) is 0 Å². The molecule has 1 aliphatic carbocycles. The Bertz CT molecular complexity index is 746. The minimum atomic E-state index is -1.30. The third-order valence-electron chi connectivity index (χ3n) is 4.63. The number of nitrogens with one attached hydrogen (secondary N) is 1. The third-order valence-corrected chi connectivity index (χ3v) is 4.63. The molecule has 2 aromatic rings. The lowest BCUT2D eigenvalue weighted by Crippen LogP contribution is -2.57. The minimum Gasteiger partial charge on any atom is -0.445 e. The fourth-order valence-electron chi connectivity index (χ4n) is 3.24. The Labute approximate surface area is 146 Å². The largest absolute Gasteiger partial charge is 0.445 e. The minimum absolute atomic E-state index is 0.0367. The number of aldehydes is 1. The summed E-state index contributed by atoms with van der Waals surface area (Å²) in [6.45, 7) is 0.155. The SMILES string of the molecule is O=CC[C@]1(O)Cc2ccccc2C[C@H]1NC(=O)OCc1ccccc1. The lowest BCUT2D eigenvalue weighted by Gasteiger charge is -2.40. The number of rotatable bonds is 5. The van der Waals surface area contributed by atoms with Crippen molar-refractivity contribution in [2.24, 2.45) is 0 Å². The fraction of sp³-hybridized carbons (Fsp3) is 0.300. The Morgan fingerprint density at radius 2 is 1.84 bits per heavy atom. The van der Waals surface area contributed by atoms with E-state index in [9.17, 15) is 14.7 Å². The number of fused-ring (bicyclic) bond motifs is 1. The lowest BCUT2D eigenvalue weighted by atomic mass is 9.75. The molecule has 1 amide bonds. The number of amides is 1. The summed E-state index contributed by atoms with van der Waals surface area (Å²) in [5.41, 5.74) is 1.64. The van der Waals surface area contributed by atoms with Gasteiger partial charge in [0, 0.05) is 12.8 Å². The highest BCUT2D eigenvalue weighted by Gasteiger charge is 2.41. The topological polar surface area (TPSA) is 75.6 Å². The van der Waals surface area contributed by atoms with E-state index in [2.05, 4.69) is 5.32 Å². The van der Waals surface area contributed by atoms with Crippen LogP contribution < -0.4 is 5.32 Å². The maximum Gasteiger partial charge on any atom is 0.407 e. The van der Waals surface area contributed by atoms with E-state index in [1.54, 1.807) is 0 Å². The second-order valence-electron chi connectivity index (χ2n) is 6.38. The van der Waals surface area contributed by atoms with E-state index in [1.807, 2.05) is 54.6 Å². The number of aliphatic hydroxyl groups is 1. The van der Waals surface area contributed by atoms with Gasteiger partial charge in [-0.15, -0.1) is 0 Å². The molecule has 25 heavy (non-hydrogen) atoms. The predicted molar refractivity (Wildman–Crippen MR) is 93.0 cm³/mol. The molecule has 0 aromatic heterocycles. The summed E-state index contributed by atoms with van der Waals surface area (Å²) in [5, 5.41) is 13.6. The Balaban J connectivity index is 1.68. The molecule has 3 rings (SSSR count). The highest BCUT2D eigenvalue weighted by atomic mass is 16.5. The molecule has 0 saturated heterocycles. The van der Waals surface area contributed by atoms with E-state index >= 15 is 0 Å². The molecule has 2 N–H and O–H groups in total. The molecular weight excluding hydrogens is 318 g/mol. The first-order chi connectivity index (χ1) is 12.1. The molecule has 5 nitrogen and oxygen atoms in total. The number of ether oxygens (including phenoxy) is 1. The molecule has 0 bridgehead atoms. The van der Waals surface area contributed by atoms with E-state index in [1.165, 1.54) is 0 Å². The number of benzene rings is 2. The zero-order valence-corrected chi connectivity index (χ0v) is 13.9. The van der Waals surface area contributed by atoms with Gasteiger partial charge < -0.3 is 20.0 Å².